The number of carbonyl (C=O) groups is 3. The Bertz CT molecular complexity index is 1140. The molecule has 0 fully saturated rings. The average molecular weight is 749 g/mol. The van der Waals surface area contributed by atoms with Gasteiger partial charge in [0.05, 0.1) is 0 Å². The van der Waals surface area contributed by atoms with Crippen LogP contribution in [0.3, 0.4) is 0 Å². The number of allylic oxidation sites excluding steroid dienone is 16. The minimum absolute atomic E-state index is 0.112. The lowest BCUT2D eigenvalue weighted by Gasteiger charge is -2.18. The number of esters is 3. The lowest BCUT2D eigenvalue weighted by molar-refractivity contribution is -0.167. The molecule has 6 heteroatoms. The van der Waals surface area contributed by atoms with Gasteiger partial charge in [-0.2, -0.15) is 0 Å². The van der Waals surface area contributed by atoms with Gasteiger partial charge in [-0.1, -0.05) is 163 Å². The van der Waals surface area contributed by atoms with Gasteiger partial charge in [0.15, 0.2) is 6.10 Å². The minimum Gasteiger partial charge on any atom is -0.462 e. The van der Waals surface area contributed by atoms with E-state index in [1.165, 1.54) is 12.8 Å². The number of unbranched alkanes of at least 4 members (excludes halogenated alkanes) is 13. The highest BCUT2D eigenvalue weighted by atomic mass is 16.6. The molecule has 0 aromatic heterocycles. The molecule has 0 rings (SSSR count). The average Bonchev–Trinajstić information content (AvgIpc) is 3.17. The fourth-order valence-electron chi connectivity index (χ4n) is 5.23. The van der Waals surface area contributed by atoms with Crippen molar-refractivity contribution in [2.75, 3.05) is 13.2 Å². The first-order valence-electron chi connectivity index (χ1n) is 21.3. The molecule has 1 atom stereocenters. The van der Waals surface area contributed by atoms with E-state index in [0.29, 0.717) is 19.3 Å². The van der Waals surface area contributed by atoms with Crippen molar-refractivity contribution in [3.63, 3.8) is 0 Å². The molecule has 1 unspecified atom stereocenters. The van der Waals surface area contributed by atoms with Crippen LogP contribution < -0.4 is 0 Å². The highest BCUT2D eigenvalue weighted by Gasteiger charge is 2.19. The number of hydrogen-bond acceptors (Lipinski definition) is 6. The van der Waals surface area contributed by atoms with Crippen molar-refractivity contribution >= 4 is 17.9 Å². The first-order valence-corrected chi connectivity index (χ1v) is 21.3. The van der Waals surface area contributed by atoms with Gasteiger partial charge in [0.1, 0.15) is 13.2 Å². The summed E-state index contributed by atoms with van der Waals surface area (Å²) in [4.78, 5) is 37.6. The monoisotopic (exact) mass is 749 g/mol. The summed E-state index contributed by atoms with van der Waals surface area (Å²) in [6.07, 6.45) is 53.9. The highest BCUT2D eigenvalue weighted by Crippen LogP contribution is 2.11. The number of ether oxygens (including phenoxy) is 3. The predicted octanol–water partition coefficient (Wildman–Crippen LogP) is 13.5. The Hall–Kier alpha value is -3.67. The second kappa shape index (κ2) is 42.1. The van der Waals surface area contributed by atoms with Crippen LogP contribution in [-0.2, 0) is 28.6 Å². The summed E-state index contributed by atoms with van der Waals surface area (Å²) in [6, 6.07) is 0. The molecule has 0 heterocycles. The molecule has 0 aromatic carbocycles. The van der Waals surface area contributed by atoms with Crippen LogP contribution in [0.25, 0.3) is 0 Å². The van der Waals surface area contributed by atoms with Gasteiger partial charge in [-0.25, -0.2) is 0 Å². The summed E-state index contributed by atoms with van der Waals surface area (Å²) in [5.41, 5.74) is 0. The van der Waals surface area contributed by atoms with Crippen LogP contribution in [0.5, 0.6) is 0 Å². The van der Waals surface area contributed by atoms with Gasteiger partial charge >= 0.3 is 17.9 Å². The van der Waals surface area contributed by atoms with E-state index in [9.17, 15) is 14.4 Å². The molecule has 304 valence electrons. The van der Waals surface area contributed by atoms with Crippen LogP contribution in [-0.4, -0.2) is 37.2 Å². The van der Waals surface area contributed by atoms with Crippen molar-refractivity contribution in [1.82, 2.24) is 0 Å². The standard InChI is InChI=1S/C48H76O6/c1-4-7-10-13-16-19-22-24-27-29-32-35-38-41-47(50)53-44-45(43-52-46(49)40-37-34-31-28-25-21-18-15-12-9-6-3)54-48(51)42-39-36-33-30-26-23-20-17-14-11-8-5-2/h7-8,10-11,13,15-22,24-25,27,45H,4-6,9,12,14,23,26,28-44H2,1-3H3/b10-7-,11-8-,16-13-,18-15-,20-17-,22-19-,25-21-,27-24-. The molecular formula is C48H76O6. The summed E-state index contributed by atoms with van der Waals surface area (Å²) in [6.45, 7) is 6.22. The third-order valence-electron chi connectivity index (χ3n) is 8.43. The Morgan fingerprint density at radius 1 is 0.407 bits per heavy atom. The molecule has 0 radical (unpaired) electrons. The van der Waals surface area contributed by atoms with Crippen molar-refractivity contribution < 1.29 is 28.6 Å². The minimum atomic E-state index is -0.810. The second-order valence-corrected chi connectivity index (χ2v) is 13.6. The van der Waals surface area contributed by atoms with Crippen molar-refractivity contribution in [3.8, 4) is 0 Å². The third-order valence-corrected chi connectivity index (χ3v) is 8.43. The van der Waals surface area contributed by atoms with Crippen LogP contribution in [0.2, 0.25) is 0 Å². The lowest BCUT2D eigenvalue weighted by Crippen LogP contribution is -2.30. The van der Waals surface area contributed by atoms with Crippen molar-refractivity contribution in [2.24, 2.45) is 0 Å². The molecule has 0 bridgehead atoms. The zero-order chi connectivity index (χ0) is 39.4. The number of rotatable bonds is 36. The Kier molecular flexibility index (Phi) is 39.2. The highest BCUT2D eigenvalue weighted by molar-refractivity contribution is 5.71. The molecule has 0 aliphatic rings. The molecule has 0 aliphatic heterocycles. The first-order chi connectivity index (χ1) is 26.5. The summed E-state index contributed by atoms with van der Waals surface area (Å²) in [5.74, 6) is -1.01. The largest absolute Gasteiger partial charge is 0.462 e. The number of carbonyl (C=O) groups excluding carboxylic acids is 3. The van der Waals surface area contributed by atoms with Crippen LogP contribution in [0.4, 0.5) is 0 Å². The molecule has 6 nitrogen and oxygen atoms in total. The summed E-state index contributed by atoms with van der Waals surface area (Å²) in [5, 5.41) is 0. The molecule has 0 spiro atoms. The maximum absolute atomic E-state index is 12.7. The van der Waals surface area contributed by atoms with E-state index in [1.807, 2.05) is 36.5 Å². The lowest BCUT2D eigenvalue weighted by atomic mass is 10.1. The van der Waals surface area contributed by atoms with Gasteiger partial charge in [-0.15, -0.1) is 0 Å². The Morgan fingerprint density at radius 3 is 1.37 bits per heavy atom. The molecule has 0 aromatic rings. The summed E-state index contributed by atoms with van der Waals surface area (Å²) in [7, 11) is 0. The fraction of sp³-hybridized carbons (Fsp3) is 0.604. The number of hydrogen-bond donors (Lipinski definition) is 0. The normalized spacial score (nSPS) is 13.0. The van der Waals surface area contributed by atoms with Crippen LogP contribution in [0, 0.1) is 0 Å². The second-order valence-electron chi connectivity index (χ2n) is 13.6. The molecule has 0 saturated carbocycles. The molecule has 54 heavy (non-hydrogen) atoms. The maximum Gasteiger partial charge on any atom is 0.306 e. The van der Waals surface area contributed by atoms with Crippen LogP contribution >= 0.6 is 0 Å². The Balaban J connectivity index is 4.54. The van der Waals surface area contributed by atoms with Crippen LogP contribution in [0.1, 0.15) is 168 Å². The molecule has 0 saturated heterocycles. The summed E-state index contributed by atoms with van der Waals surface area (Å²) < 4.78 is 16.6. The van der Waals surface area contributed by atoms with E-state index < -0.39 is 6.10 Å². The topological polar surface area (TPSA) is 78.9 Å². The molecule has 0 N–H and O–H groups in total. The maximum atomic E-state index is 12.7. The molecular weight excluding hydrogens is 673 g/mol. The summed E-state index contributed by atoms with van der Waals surface area (Å²) >= 11 is 0. The first kappa shape index (κ1) is 50.3. The van der Waals surface area contributed by atoms with Crippen molar-refractivity contribution in [1.29, 1.82) is 0 Å². The van der Waals surface area contributed by atoms with Crippen molar-refractivity contribution in [2.45, 2.75) is 175 Å². The molecule has 0 aliphatic carbocycles. The quantitative estimate of drug-likeness (QED) is 0.0209. The SMILES string of the molecule is CC\C=C/C=C\C=C/C=C\CCCCCC(=O)OCC(COC(=O)CCCCC/C=C\C=C/CCCC)OC(=O)CCCCCCC/C=C\C/C=C\CC. The van der Waals surface area contributed by atoms with E-state index in [1.54, 1.807) is 0 Å². The van der Waals surface area contributed by atoms with Gasteiger partial charge in [0.25, 0.3) is 0 Å². The molecule has 0 amide bonds. The fourth-order valence-corrected chi connectivity index (χ4v) is 5.23. The van der Waals surface area contributed by atoms with E-state index in [0.717, 1.165) is 116 Å². The Labute approximate surface area is 330 Å². The van der Waals surface area contributed by atoms with E-state index in [-0.39, 0.29) is 31.1 Å². The van der Waals surface area contributed by atoms with E-state index in [4.69, 9.17) is 14.2 Å². The Morgan fingerprint density at radius 2 is 0.815 bits per heavy atom. The van der Waals surface area contributed by atoms with Gasteiger partial charge in [-0.3, -0.25) is 14.4 Å². The van der Waals surface area contributed by atoms with Gasteiger partial charge in [-0.05, 0) is 83.5 Å². The smallest absolute Gasteiger partial charge is 0.306 e. The zero-order valence-corrected chi connectivity index (χ0v) is 34.4. The van der Waals surface area contributed by atoms with Gasteiger partial charge < -0.3 is 14.2 Å². The predicted molar refractivity (Wildman–Crippen MR) is 228 cm³/mol. The third kappa shape index (κ3) is 39.5. The zero-order valence-electron chi connectivity index (χ0n) is 34.4. The van der Waals surface area contributed by atoms with E-state index in [2.05, 4.69) is 81.5 Å². The van der Waals surface area contributed by atoms with Gasteiger partial charge in [0, 0.05) is 19.3 Å². The van der Waals surface area contributed by atoms with Crippen LogP contribution in [0.15, 0.2) is 97.2 Å². The van der Waals surface area contributed by atoms with Crippen molar-refractivity contribution in [3.05, 3.63) is 97.2 Å². The van der Waals surface area contributed by atoms with Gasteiger partial charge in [0.2, 0.25) is 0 Å². The van der Waals surface area contributed by atoms with E-state index >= 15 is 0 Å².